The van der Waals surface area contributed by atoms with E-state index in [1.165, 1.54) is 15.9 Å². The highest BCUT2D eigenvalue weighted by molar-refractivity contribution is 14.1. The van der Waals surface area contributed by atoms with Crippen LogP contribution in [-0.4, -0.2) is 43.6 Å². The first-order valence-corrected chi connectivity index (χ1v) is 15.5. The number of hydrogen-bond donors (Lipinski definition) is 0. The fraction of sp³-hybridized carbons (Fsp3) is 0.355. The van der Waals surface area contributed by atoms with Crippen LogP contribution in [0.25, 0.3) is 6.08 Å². The topological polar surface area (TPSA) is 121 Å². The number of fused-ring (bicyclic) bond motifs is 1. The van der Waals surface area contributed by atoms with Gasteiger partial charge in [-0.15, -0.1) is 0 Å². The summed E-state index contributed by atoms with van der Waals surface area (Å²) in [5, 5.41) is 8.97. The van der Waals surface area contributed by atoms with Crippen molar-refractivity contribution in [2.75, 3.05) is 26.9 Å². The molecular formula is C31H32IN3O7S. The number of thiazole rings is 1. The lowest BCUT2D eigenvalue weighted by atomic mass is 9.95. The Morgan fingerprint density at radius 3 is 2.58 bits per heavy atom. The second-order valence-electron chi connectivity index (χ2n) is 9.59. The van der Waals surface area contributed by atoms with Crippen molar-refractivity contribution in [1.82, 2.24) is 4.57 Å². The lowest BCUT2D eigenvalue weighted by Gasteiger charge is -2.25. The van der Waals surface area contributed by atoms with Gasteiger partial charge in [-0.1, -0.05) is 17.4 Å². The third-order valence-corrected chi connectivity index (χ3v) is 8.08. The van der Waals surface area contributed by atoms with Crippen LogP contribution in [0.15, 0.2) is 51.4 Å². The molecule has 12 heteroatoms. The predicted octanol–water partition coefficient (Wildman–Crippen LogP) is 4.50. The van der Waals surface area contributed by atoms with Crippen LogP contribution < -0.4 is 33.8 Å². The molecule has 0 amide bonds. The molecule has 1 atom stereocenters. The molecule has 0 spiro atoms. The summed E-state index contributed by atoms with van der Waals surface area (Å²) in [7, 11) is 1.54. The van der Waals surface area contributed by atoms with Crippen LogP contribution in [0.2, 0.25) is 0 Å². The Bertz CT molecular complexity index is 1790. The van der Waals surface area contributed by atoms with E-state index in [9.17, 15) is 9.59 Å². The van der Waals surface area contributed by atoms with Gasteiger partial charge in [0, 0.05) is 0 Å². The first-order chi connectivity index (χ1) is 20.6. The summed E-state index contributed by atoms with van der Waals surface area (Å²) >= 11 is 3.33. The number of ether oxygens (including phenoxy) is 5. The van der Waals surface area contributed by atoms with Gasteiger partial charge >= 0.3 is 5.97 Å². The van der Waals surface area contributed by atoms with Crippen LogP contribution in [0.1, 0.15) is 51.8 Å². The minimum atomic E-state index is -0.805. The van der Waals surface area contributed by atoms with E-state index in [0.29, 0.717) is 55.8 Å². The van der Waals surface area contributed by atoms with Gasteiger partial charge in [-0.05, 0) is 98.7 Å². The van der Waals surface area contributed by atoms with Crippen LogP contribution in [0.4, 0.5) is 0 Å². The molecule has 2 aromatic carbocycles. The fourth-order valence-corrected chi connectivity index (χ4v) is 6.47. The number of methoxy groups -OCH3 is 1. The van der Waals surface area contributed by atoms with E-state index in [2.05, 4.69) is 27.6 Å². The Morgan fingerprint density at radius 2 is 1.93 bits per heavy atom. The third-order valence-electron chi connectivity index (χ3n) is 6.29. The van der Waals surface area contributed by atoms with Crippen molar-refractivity contribution in [1.29, 1.82) is 5.26 Å². The van der Waals surface area contributed by atoms with Crippen LogP contribution in [0.3, 0.4) is 0 Å². The number of nitriles is 1. The van der Waals surface area contributed by atoms with Crippen molar-refractivity contribution < 1.29 is 28.5 Å². The summed E-state index contributed by atoms with van der Waals surface area (Å²) in [5.74, 6) is 1.42. The molecule has 1 aliphatic rings. The van der Waals surface area contributed by atoms with Crippen molar-refractivity contribution in [2.24, 2.45) is 4.99 Å². The molecule has 0 aliphatic carbocycles. The Hall–Kier alpha value is -3.83. The molecule has 10 nitrogen and oxygen atoms in total. The van der Waals surface area contributed by atoms with Gasteiger partial charge in [0.25, 0.3) is 5.56 Å². The minimum absolute atomic E-state index is 0.0760. The van der Waals surface area contributed by atoms with Crippen LogP contribution in [0, 0.1) is 14.9 Å². The summed E-state index contributed by atoms with van der Waals surface area (Å²) < 4.78 is 30.9. The second kappa shape index (κ2) is 14.1. The quantitative estimate of drug-likeness (QED) is 0.210. The summed E-state index contributed by atoms with van der Waals surface area (Å²) in [6.45, 7) is 9.60. The predicted molar refractivity (Wildman–Crippen MR) is 171 cm³/mol. The number of allylic oxidation sites excluding steroid dienone is 1. The number of halogens is 1. The summed E-state index contributed by atoms with van der Waals surface area (Å²) in [6, 6.07) is 10.1. The van der Waals surface area contributed by atoms with Crippen molar-refractivity contribution >= 4 is 46.0 Å². The zero-order valence-electron chi connectivity index (χ0n) is 24.7. The molecule has 1 aliphatic heterocycles. The Morgan fingerprint density at radius 1 is 1.16 bits per heavy atom. The molecule has 0 N–H and O–H groups in total. The fourth-order valence-electron chi connectivity index (χ4n) is 4.64. The first-order valence-electron chi connectivity index (χ1n) is 13.6. The number of esters is 1. The molecule has 0 fully saturated rings. The van der Waals surface area contributed by atoms with Crippen molar-refractivity contribution in [2.45, 2.75) is 46.8 Å². The normalized spacial score (nSPS) is 14.6. The van der Waals surface area contributed by atoms with E-state index in [1.54, 1.807) is 45.2 Å². The molecule has 0 saturated carbocycles. The first kappa shape index (κ1) is 32.1. The van der Waals surface area contributed by atoms with Gasteiger partial charge in [-0.25, -0.2) is 9.79 Å². The maximum absolute atomic E-state index is 14.1. The number of hydrogen-bond acceptors (Lipinski definition) is 10. The Labute approximate surface area is 267 Å². The molecule has 2 heterocycles. The summed E-state index contributed by atoms with van der Waals surface area (Å²) in [6.07, 6.45) is 1.68. The van der Waals surface area contributed by atoms with Crippen molar-refractivity contribution in [3.8, 4) is 29.1 Å². The summed E-state index contributed by atoms with van der Waals surface area (Å²) in [5.41, 5.74) is 1.77. The van der Waals surface area contributed by atoms with Crippen LogP contribution in [0.5, 0.6) is 23.0 Å². The van der Waals surface area contributed by atoms with Gasteiger partial charge in [0.1, 0.15) is 6.07 Å². The molecule has 4 rings (SSSR count). The molecule has 1 aromatic heterocycles. The highest BCUT2D eigenvalue weighted by Gasteiger charge is 2.34. The Kier molecular flexibility index (Phi) is 10.5. The van der Waals surface area contributed by atoms with Crippen LogP contribution in [-0.2, 0) is 9.53 Å². The number of carbonyl (C=O) groups is 1. The maximum atomic E-state index is 14.1. The zero-order valence-corrected chi connectivity index (χ0v) is 27.7. The van der Waals surface area contributed by atoms with Crippen molar-refractivity contribution in [3.05, 3.63) is 76.0 Å². The molecule has 0 saturated heterocycles. The lowest BCUT2D eigenvalue weighted by Crippen LogP contribution is -2.40. The van der Waals surface area contributed by atoms with E-state index in [0.717, 1.165) is 3.57 Å². The average molecular weight is 718 g/mol. The minimum Gasteiger partial charge on any atom is -0.493 e. The maximum Gasteiger partial charge on any atom is 0.338 e. The van der Waals surface area contributed by atoms with E-state index >= 15 is 0 Å². The van der Waals surface area contributed by atoms with E-state index in [-0.39, 0.29) is 30.5 Å². The Balaban J connectivity index is 1.92. The monoisotopic (exact) mass is 717 g/mol. The van der Waals surface area contributed by atoms with Gasteiger partial charge in [-0.3, -0.25) is 9.36 Å². The molecular weight excluding hydrogens is 685 g/mol. The standard InChI is InChI=1S/C31H32IN3O7S/c1-7-39-24-14-19(13-21(32)28(24)41-12-11-33)15-25-29(36)35-27(20-9-10-22(42-17(3)4)23(16-20)38-6)26(30(37)40-8-2)18(5)34-31(35)43-25/h9-10,13-17,27H,7-8,12H2,1-6H3/b25-15-/t27-/m0/s1. The van der Waals surface area contributed by atoms with E-state index in [1.807, 2.05) is 39.0 Å². The highest BCUT2D eigenvalue weighted by atomic mass is 127. The van der Waals surface area contributed by atoms with Gasteiger partial charge in [-0.2, -0.15) is 5.26 Å². The molecule has 0 unspecified atom stereocenters. The number of carbonyl (C=O) groups excluding carboxylic acids is 1. The highest BCUT2D eigenvalue weighted by Crippen LogP contribution is 2.37. The molecule has 43 heavy (non-hydrogen) atoms. The smallest absolute Gasteiger partial charge is 0.338 e. The van der Waals surface area contributed by atoms with E-state index in [4.69, 9.17) is 28.9 Å². The number of aromatic nitrogens is 1. The molecule has 226 valence electrons. The van der Waals surface area contributed by atoms with Gasteiger partial charge in [0.2, 0.25) is 0 Å². The molecule has 0 bridgehead atoms. The number of nitrogens with zero attached hydrogens (tertiary/aromatic N) is 3. The third kappa shape index (κ3) is 6.88. The largest absolute Gasteiger partial charge is 0.493 e. The number of rotatable bonds is 11. The molecule has 3 aromatic rings. The zero-order chi connectivity index (χ0) is 31.3. The van der Waals surface area contributed by atoms with Gasteiger partial charge < -0.3 is 23.7 Å². The SMILES string of the molecule is CCOC(=O)C1=C(C)N=c2s/c(=C\c3cc(I)c(OCC#N)c(OCC)c3)c(=O)n2[C@H]1c1ccc(OC(C)C)c(OC)c1. The van der Waals surface area contributed by atoms with Gasteiger partial charge in [0.05, 0.1) is 51.8 Å². The average Bonchev–Trinajstić information content (AvgIpc) is 3.26. The van der Waals surface area contributed by atoms with E-state index < -0.39 is 12.0 Å². The van der Waals surface area contributed by atoms with Crippen molar-refractivity contribution in [3.63, 3.8) is 0 Å². The number of benzene rings is 2. The van der Waals surface area contributed by atoms with Crippen LogP contribution >= 0.6 is 33.9 Å². The lowest BCUT2D eigenvalue weighted by molar-refractivity contribution is -0.139. The second-order valence-corrected chi connectivity index (χ2v) is 11.8. The van der Waals surface area contributed by atoms with Gasteiger partial charge in [0.15, 0.2) is 34.4 Å². The molecule has 0 radical (unpaired) electrons. The summed E-state index contributed by atoms with van der Waals surface area (Å²) in [4.78, 5) is 32.4.